The Labute approximate surface area is 309 Å². The normalized spacial score (nSPS) is 21.8. The lowest BCUT2D eigenvalue weighted by Crippen LogP contribution is -2.36. The Balaban J connectivity index is 1.51. The van der Waals surface area contributed by atoms with E-state index >= 15 is 0 Å². The van der Waals surface area contributed by atoms with Gasteiger partial charge in [-0.15, -0.1) is 11.8 Å². The molecule has 1 fully saturated rings. The fourth-order valence-corrected chi connectivity index (χ4v) is 8.55. The van der Waals surface area contributed by atoms with Crippen LogP contribution in [0.4, 0.5) is 5.82 Å². The molecule has 2 aromatic heterocycles. The number of thioether (sulfide) groups is 1. The summed E-state index contributed by atoms with van der Waals surface area (Å²) < 4.78 is 32.9. The molecule has 0 radical (unpaired) electrons. The fourth-order valence-electron chi connectivity index (χ4n) is 6.11. The average molecular weight is 757 g/mol. The van der Waals surface area contributed by atoms with Crippen LogP contribution in [0.15, 0.2) is 48.8 Å². The molecule has 1 saturated carbocycles. The average Bonchev–Trinajstić information content (AvgIpc) is 3.67. The van der Waals surface area contributed by atoms with Crippen molar-refractivity contribution in [2.45, 2.75) is 78.4 Å². The second-order valence-electron chi connectivity index (χ2n) is 13.5. The number of ether oxygens (including phenoxy) is 1. The van der Waals surface area contributed by atoms with E-state index in [1.165, 1.54) is 29.5 Å². The van der Waals surface area contributed by atoms with Gasteiger partial charge in [-0.05, 0) is 43.5 Å². The molecule has 1 aliphatic carbocycles. The van der Waals surface area contributed by atoms with Gasteiger partial charge in [0.15, 0.2) is 5.82 Å². The Bertz CT molecular complexity index is 1780. The second kappa shape index (κ2) is 18.3. The van der Waals surface area contributed by atoms with E-state index in [4.69, 9.17) is 13.8 Å². The fraction of sp³-hybridized carbons (Fsp3) is 0.556. The van der Waals surface area contributed by atoms with Crippen molar-refractivity contribution in [3.63, 3.8) is 0 Å². The Morgan fingerprint density at radius 1 is 1.13 bits per heavy atom. The van der Waals surface area contributed by atoms with Gasteiger partial charge in [0.2, 0.25) is 5.91 Å². The van der Waals surface area contributed by atoms with E-state index < -0.39 is 43.1 Å². The molecule has 52 heavy (non-hydrogen) atoms. The molecule has 1 unspecified atom stereocenters. The van der Waals surface area contributed by atoms with Crippen molar-refractivity contribution in [2.75, 3.05) is 30.0 Å². The Kier molecular flexibility index (Phi) is 14.4. The molecule has 1 amide bonds. The minimum absolute atomic E-state index is 0.0556. The number of esters is 1. The third-order valence-electron chi connectivity index (χ3n) is 9.59. The summed E-state index contributed by atoms with van der Waals surface area (Å²) >= 11 is 1.22. The topological polar surface area (TPSA) is 194 Å². The highest BCUT2D eigenvalue weighted by atomic mass is 32.2. The van der Waals surface area contributed by atoms with E-state index in [2.05, 4.69) is 26.6 Å². The van der Waals surface area contributed by atoms with E-state index in [0.717, 1.165) is 12.8 Å². The number of nitriles is 1. The summed E-state index contributed by atoms with van der Waals surface area (Å²) in [6.45, 7) is 10.9. The minimum atomic E-state index is -4.23. The molecular formula is C36H49N6O8PS. The van der Waals surface area contributed by atoms with Crippen LogP contribution in [0.5, 0.6) is 5.75 Å². The Morgan fingerprint density at radius 3 is 2.50 bits per heavy atom. The number of Topliss-reactive ketones (excluding diaryl/α,β-unsaturated/α-hetero) is 1. The van der Waals surface area contributed by atoms with Crippen LogP contribution in [-0.2, 0) is 33.6 Å². The van der Waals surface area contributed by atoms with Crippen LogP contribution < -0.4 is 14.9 Å². The van der Waals surface area contributed by atoms with Crippen molar-refractivity contribution in [1.82, 2.24) is 19.7 Å². The number of fused-ring (bicyclic) bond motifs is 1. The van der Waals surface area contributed by atoms with Gasteiger partial charge in [0.25, 0.3) is 0 Å². The number of carbonyl (C=O) groups excluding carboxylic acids is 3. The summed E-state index contributed by atoms with van der Waals surface area (Å²) in [6, 6.07) is 13.1. The third-order valence-corrected chi connectivity index (χ3v) is 12.2. The minimum Gasteiger partial charge on any atom is -0.464 e. The number of amides is 1. The Hall–Kier alpha value is -3.80. The number of aromatic nitrogens is 3. The van der Waals surface area contributed by atoms with Gasteiger partial charge in [-0.25, -0.2) is 14.1 Å². The molecule has 1 aliphatic rings. The quantitative estimate of drug-likeness (QED) is 0.102. The largest absolute Gasteiger partial charge is 0.464 e. The molecule has 282 valence electrons. The molecule has 2 heterocycles. The number of benzene rings is 1. The standard InChI is InChI=1S/C36H49N6O8PS/c1-7-26(8-2)17-48-35(46)25(6)41-51(47,50-28-12-10-9-11-13-28)49-18-27-16-36(21-37,24(5)33(27)45)31-15-14-29-34(38-22-39-42(29)31)40-32(44)20-52-19-30(43)23(3)4/h9-15,22-27,33,45H,7-8,16-20H2,1-6H3,(H,41,47)(H,38,39,40,44)/t24-,25+,27-,33+,36+,51?/m1/s1. The monoisotopic (exact) mass is 756 g/mol. The van der Waals surface area contributed by atoms with E-state index in [1.54, 1.807) is 49.4 Å². The predicted molar refractivity (Wildman–Crippen MR) is 198 cm³/mol. The van der Waals surface area contributed by atoms with E-state index in [9.17, 15) is 29.3 Å². The van der Waals surface area contributed by atoms with Crippen molar-refractivity contribution >= 4 is 48.5 Å². The zero-order chi connectivity index (χ0) is 38.1. The number of nitrogens with zero attached hydrogens (tertiary/aromatic N) is 4. The number of hydrogen-bond donors (Lipinski definition) is 3. The van der Waals surface area contributed by atoms with Crippen molar-refractivity contribution in [1.29, 1.82) is 5.26 Å². The number of ketones is 1. The molecule has 1 aromatic carbocycles. The molecule has 0 bridgehead atoms. The zero-order valence-electron chi connectivity index (χ0n) is 30.5. The molecule has 4 rings (SSSR count). The number of nitrogens with one attached hydrogen (secondary N) is 2. The number of carbonyl (C=O) groups is 3. The van der Waals surface area contributed by atoms with Gasteiger partial charge in [0.05, 0.1) is 42.6 Å². The summed E-state index contributed by atoms with van der Waals surface area (Å²) in [5.41, 5.74) is -0.336. The molecule has 3 N–H and O–H groups in total. The number of anilines is 1. The van der Waals surface area contributed by atoms with Crippen molar-refractivity contribution < 1.29 is 37.8 Å². The molecule has 0 aliphatic heterocycles. The summed E-state index contributed by atoms with van der Waals surface area (Å²) in [5.74, 6) is -1.33. The van der Waals surface area contributed by atoms with Crippen molar-refractivity contribution in [2.24, 2.45) is 23.7 Å². The van der Waals surface area contributed by atoms with Crippen molar-refractivity contribution in [3.8, 4) is 11.8 Å². The van der Waals surface area contributed by atoms with Crippen molar-refractivity contribution in [3.05, 3.63) is 54.5 Å². The SMILES string of the molecule is CCC(CC)COC(=O)[C@H](C)NP(=O)(OC[C@H]1C[C@@](C#N)(c2ccc3c(NC(=O)CSCC(=O)C(C)C)ncnn23)[C@H](C)[C@@H]1O)Oc1ccccc1. The van der Waals surface area contributed by atoms with Crippen LogP contribution in [0.1, 0.15) is 66.5 Å². The molecule has 0 spiro atoms. The molecule has 14 nitrogen and oxygen atoms in total. The maximum absolute atomic E-state index is 14.2. The second-order valence-corrected chi connectivity index (χ2v) is 16.2. The van der Waals surface area contributed by atoms with Gasteiger partial charge in [0.1, 0.15) is 34.8 Å². The lowest BCUT2D eigenvalue weighted by Gasteiger charge is -2.26. The summed E-state index contributed by atoms with van der Waals surface area (Å²) in [5, 5.41) is 32.0. The van der Waals surface area contributed by atoms with E-state index in [-0.39, 0.29) is 66.2 Å². The molecule has 0 saturated heterocycles. The van der Waals surface area contributed by atoms with Crippen LogP contribution in [-0.4, -0.2) is 74.2 Å². The number of para-hydroxylation sites is 1. The maximum Gasteiger partial charge on any atom is 0.459 e. The number of hydrogen-bond acceptors (Lipinski definition) is 12. The highest BCUT2D eigenvalue weighted by Gasteiger charge is 2.54. The molecule has 16 heteroatoms. The molecule has 3 aromatic rings. The zero-order valence-corrected chi connectivity index (χ0v) is 32.2. The van der Waals surface area contributed by atoms with Crippen LogP contribution in [0, 0.1) is 35.0 Å². The van der Waals surface area contributed by atoms with Crippen LogP contribution in [0.2, 0.25) is 0 Å². The van der Waals surface area contributed by atoms with E-state index in [1.807, 2.05) is 27.7 Å². The number of aliphatic hydroxyl groups excluding tert-OH is 1. The molecule has 6 atom stereocenters. The van der Waals surface area contributed by atoms with Gasteiger partial charge in [0, 0.05) is 17.8 Å². The highest BCUT2D eigenvalue weighted by molar-refractivity contribution is 8.00. The van der Waals surface area contributed by atoms with Gasteiger partial charge in [-0.3, -0.25) is 18.9 Å². The van der Waals surface area contributed by atoms with Crippen LogP contribution in [0.25, 0.3) is 5.52 Å². The van der Waals surface area contributed by atoms with Gasteiger partial charge < -0.3 is 19.7 Å². The summed E-state index contributed by atoms with van der Waals surface area (Å²) in [7, 11) is -4.23. The van der Waals surface area contributed by atoms with Crippen LogP contribution in [0.3, 0.4) is 0 Å². The highest BCUT2D eigenvalue weighted by Crippen LogP contribution is 2.51. The smallest absolute Gasteiger partial charge is 0.459 e. The number of aliphatic hydroxyl groups is 1. The third kappa shape index (κ3) is 9.79. The summed E-state index contributed by atoms with van der Waals surface area (Å²) in [6.07, 6.45) is 2.03. The molecular weight excluding hydrogens is 707 g/mol. The maximum atomic E-state index is 14.2. The lowest BCUT2D eigenvalue weighted by molar-refractivity contribution is -0.146. The van der Waals surface area contributed by atoms with Crippen LogP contribution >= 0.6 is 19.5 Å². The first-order valence-electron chi connectivity index (χ1n) is 17.5. The predicted octanol–water partition coefficient (Wildman–Crippen LogP) is 5.57. The summed E-state index contributed by atoms with van der Waals surface area (Å²) in [4.78, 5) is 41.7. The first kappa shape index (κ1) is 41.0. The van der Waals surface area contributed by atoms with Gasteiger partial charge >= 0.3 is 13.7 Å². The van der Waals surface area contributed by atoms with E-state index in [0.29, 0.717) is 11.2 Å². The Morgan fingerprint density at radius 2 is 1.85 bits per heavy atom. The van der Waals surface area contributed by atoms with Gasteiger partial charge in [-0.2, -0.15) is 15.4 Å². The van der Waals surface area contributed by atoms with Gasteiger partial charge in [-0.1, -0.05) is 65.7 Å². The first-order chi connectivity index (χ1) is 24.8. The first-order valence-corrected chi connectivity index (χ1v) is 20.2. The number of rotatable bonds is 19. The lowest BCUT2D eigenvalue weighted by atomic mass is 9.77.